The number of nitrogens with one attached hydrogen (secondary N) is 1. The molecular formula is C13H14ClN3O2. The van der Waals surface area contributed by atoms with E-state index in [4.69, 9.17) is 16.3 Å². The lowest BCUT2D eigenvalue weighted by molar-refractivity contribution is -0.118. The molecule has 0 atom stereocenters. The lowest BCUT2D eigenvalue weighted by atomic mass is 10.3. The summed E-state index contributed by atoms with van der Waals surface area (Å²) < 4.78 is 7.05. The van der Waals surface area contributed by atoms with E-state index in [1.807, 2.05) is 6.92 Å². The second-order valence-electron chi connectivity index (χ2n) is 3.88. The van der Waals surface area contributed by atoms with Crippen molar-refractivity contribution < 1.29 is 9.53 Å². The van der Waals surface area contributed by atoms with Crippen LogP contribution in [0.3, 0.4) is 0 Å². The van der Waals surface area contributed by atoms with Crippen LogP contribution >= 0.6 is 11.6 Å². The van der Waals surface area contributed by atoms with Gasteiger partial charge in [-0.25, -0.2) is 0 Å². The minimum absolute atomic E-state index is 0.0675. The first-order valence-corrected chi connectivity index (χ1v) is 6.26. The van der Waals surface area contributed by atoms with Crippen molar-refractivity contribution in [2.75, 3.05) is 11.9 Å². The summed E-state index contributed by atoms with van der Waals surface area (Å²) in [4.78, 5) is 11.7. The van der Waals surface area contributed by atoms with Gasteiger partial charge in [0.1, 0.15) is 0 Å². The molecule has 19 heavy (non-hydrogen) atoms. The Labute approximate surface area is 116 Å². The highest BCUT2D eigenvalue weighted by Crippen LogP contribution is 2.15. The van der Waals surface area contributed by atoms with Gasteiger partial charge < -0.3 is 10.1 Å². The standard InChI is InChI=1S/C13H14ClN3O2/c1-2-17-8-12(7-15-17)19-9-13(18)16-11-5-3-4-10(14)6-11/h3-8H,2,9H2,1H3,(H,16,18). The molecule has 6 heteroatoms. The van der Waals surface area contributed by atoms with Crippen molar-refractivity contribution in [3.05, 3.63) is 41.7 Å². The molecule has 0 unspecified atom stereocenters. The van der Waals surface area contributed by atoms with Crippen molar-refractivity contribution in [3.8, 4) is 5.75 Å². The summed E-state index contributed by atoms with van der Waals surface area (Å²) in [5.74, 6) is 0.328. The summed E-state index contributed by atoms with van der Waals surface area (Å²) >= 11 is 5.83. The van der Waals surface area contributed by atoms with Gasteiger partial charge in [-0.2, -0.15) is 5.10 Å². The number of ether oxygens (including phenoxy) is 1. The monoisotopic (exact) mass is 279 g/mol. The number of anilines is 1. The van der Waals surface area contributed by atoms with E-state index < -0.39 is 0 Å². The lowest BCUT2D eigenvalue weighted by Crippen LogP contribution is -2.19. The van der Waals surface area contributed by atoms with Gasteiger partial charge in [-0.05, 0) is 25.1 Å². The third-order valence-electron chi connectivity index (χ3n) is 2.41. The van der Waals surface area contributed by atoms with E-state index in [-0.39, 0.29) is 12.5 Å². The van der Waals surface area contributed by atoms with E-state index in [9.17, 15) is 4.79 Å². The Morgan fingerprint density at radius 2 is 2.37 bits per heavy atom. The first-order chi connectivity index (χ1) is 9.17. The number of halogens is 1. The Balaban J connectivity index is 1.84. The van der Waals surface area contributed by atoms with Gasteiger partial charge in [0.05, 0.1) is 12.4 Å². The van der Waals surface area contributed by atoms with Crippen LogP contribution in [0.4, 0.5) is 5.69 Å². The molecule has 100 valence electrons. The average Bonchev–Trinajstić information content (AvgIpc) is 2.84. The molecule has 1 aromatic heterocycles. The summed E-state index contributed by atoms with van der Waals surface area (Å²) in [6.07, 6.45) is 3.32. The number of amides is 1. The molecule has 0 saturated carbocycles. The SMILES string of the molecule is CCn1cc(OCC(=O)Nc2cccc(Cl)c2)cn1. The number of hydrogen-bond acceptors (Lipinski definition) is 3. The number of carbonyl (C=O) groups excluding carboxylic acids is 1. The number of aromatic nitrogens is 2. The number of aryl methyl sites for hydroxylation is 1. The van der Waals surface area contributed by atoms with Crippen molar-refractivity contribution in [1.29, 1.82) is 0 Å². The van der Waals surface area contributed by atoms with Crippen LogP contribution in [0.5, 0.6) is 5.75 Å². The van der Waals surface area contributed by atoms with Crippen molar-refractivity contribution in [1.82, 2.24) is 9.78 Å². The second-order valence-corrected chi connectivity index (χ2v) is 4.32. The molecule has 0 aliphatic rings. The maximum absolute atomic E-state index is 11.7. The second kappa shape index (κ2) is 6.24. The van der Waals surface area contributed by atoms with Gasteiger partial charge in [-0.15, -0.1) is 0 Å². The molecule has 1 heterocycles. The molecule has 2 aromatic rings. The number of hydrogen-bond donors (Lipinski definition) is 1. The van der Waals surface area contributed by atoms with Crippen molar-refractivity contribution >= 4 is 23.2 Å². The van der Waals surface area contributed by atoms with Crippen LogP contribution < -0.4 is 10.1 Å². The van der Waals surface area contributed by atoms with E-state index in [2.05, 4.69) is 10.4 Å². The highest BCUT2D eigenvalue weighted by molar-refractivity contribution is 6.30. The summed E-state index contributed by atoms with van der Waals surface area (Å²) in [5, 5.41) is 7.32. The smallest absolute Gasteiger partial charge is 0.262 e. The van der Waals surface area contributed by atoms with Crippen LogP contribution in [0.15, 0.2) is 36.7 Å². The van der Waals surface area contributed by atoms with Crippen molar-refractivity contribution in [2.24, 2.45) is 0 Å². The van der Waals surface area contributed by atoms with Crippen LogP contribution in [0.1, 0.15) is 6.92 Å². The topological polar surface area (TPSA) is 56.1 Å². The molecule has 0 saturated heterocycles. The van der Waals surface area contributed by atoms with Crippen molar-refractivity contribution in [2.45, 2.75) is 13.5 Å². The Hall–Kier alpha value is -2.01. The molecule has 0 radical (unpaired) electrons. The number of carbonyl (C=O) groups is 1. The van der Waals surface area contributed by atoms with E-state index in [1.54, 1.807) is 41.3 Å². The Morgan fingerprint density at radius 3 is 3.05 bits per heavy atom. The first kappa shape index (κ1) is 13.4. The van der Waals surface area contributed by atoms with E-state index >= 15 is 0 Å². The number of benzene rings is 1. The molecule has 0 fully saturated rings. The van der Waals surface area contributed by atoms with Gasteiger partial charge in [-0.3, -0.25) is 9.48 Å². The predicted molar refractivity (Wildman–Crippen MR) is 73.5 cm³/mol. The fourth-order valence-electron chi connectivity index (χ4n) is 1.50. The maximum Gasteiger partial charge on any atom is 0.262 e. The van der Waals surface area contributed by atoms with Gasteiger partial charge in [0.25, 0.3) is 5.91 Å². The Bertz CT molecular complexity index is 569. The van der Waals surface area contributed by atoms with Gasteiger partial charge in [0.2, 0.25) is 0 Å². The fourth-order valence-corrected chi connectivity index (χ4v) is 1.69. The summed E-state index contributed by atoms with van der Waals surface area (Å²) in [5.41, 5.74) is 0.644. The van der Waals surface area contributed by atoms with Gasteiger partial charge in [-0.1, -0.05) is 17.7 Å². The normalized spacial score (nSPS) is 10.2. The molecule has 1 amide bonds. The molecule has 1 aromatic carbocycles. The highest BCUT2D eigenvalue weighted by Gasteiger charge is 2.05. The molecule has 0 bridgehead atoms. The number of rotatable bonds is 5. The van der Waals surface area contributed by atoms with Crippen LogP contribution in [0.2, 0.25) is 5.02 Å². The fraction of sp³-hybridized carbons (Fsp3) is 0.231. The lowest BCUT2D eigenvalue weighted by Gasteiger charge is -2.06. The minimum Gasteiger partial charge on any atom is -0.480 e. The van der Waals surface area contributed by atoms with E-state index in [1.165, 1.54) is 0 Å². The zero-order valence-corrected chi connectivity index (χ0v) is 11.2. The predicted octanol–water partition coefficient (Wildman–Crippen LogP) is 2.57. The van der Waals surface area contributed by atoms with Crippen LogP contribution in [-0.2, 0) is 11.3 Å². The summed E-state index contributed by atoms with van der Waals surface area (Å²) in [6, 6.07) is 6.95. The van der Waals surface area contributed by atoms with Crippen LogP contribution in [0, 0.1) is 0 Å². The molecule has 0 aliphatic heterocycles. The third kappa shape index (κ3) is 3.99. The van der Waals surface area contributed by atoms with Gasteiger partial charge in [0, 0.05) is 17.3 Å². The number of nitrogens with zero attached hydrogens (tertiary/aromatic N) is 2. The Morgan fingerprint density at radius 1 is 1.53 bits per heavy atom. The maximum atomic E-state index is 11.7. The summed E-state index contributed by atoms with van der Waals surface area (Å²) in [7, 11) is 0. The van der Waals surface area contributed by atoms with Crippen LogP contribution in [-0.4, -0.2) is 22.3 Å². The molecule has 2 rings (SSSR count). The molecule has 0 spiro atoms. The Kier molecular flexibility index (Phi) is 4.41. The van der Waals surface area contributed by atoms with Crippen molar-refractivity contribution in [3.63, 3.8) is 0 Å². The largest absolute Gasteiger partial charge is 0.480 e. The molecular weight excluding hydrogens is 266 g/mol. The van der Waals surface area contributed by atoms with E-state index in [0.29, 0.717) is 16.5 Å². The minimum atomic E-state index is -0.244. The quantitative estimate of drug-likeness (QED) is 0.915. The summed E-state index contributed by atoms with van der Waals surface area (Å²) in [6.45, 7) is 2.67. The van der Waals surface area contributed by atoms with Gasteiger partial charge in [0.15, 0.2) is 12.4 Å². The first-order valence-electron chi connectivity index (χ1n) is 5.88. The van der Waals surface area contributed by atoms with Crippen LogP contribution in [0.25, 0.3) is 0 Å². The highest BCUT2D eigenvalue weighted by atomic mass is 35.5. The third-order valence-corrected chi connectivity index (χ3v) is 2.65. The zero-order valence-electron chi connectivity index (χ0n) is 10.5. The average molecular weight is 280 g/mol. The molecule has 1 N–H and O–H groups in total. The molecule has 5 nitrogen and oxygen atoms in total. The zero-order chi connectivity index (χ0) is 13.7. The van der Waals surface area contributed by atoms with E-state index in [0.717, 1.165) is 6.54 Å². The van der Waals surface area contributed by atoms with Gasteiger partial charge >= 0.3 is 0 Å². The molecule has 0 aliphatic carbocycles.